The summed E-state index contributed by atoms with van der Waals surface area (Å²) in [7, 11) is 1.37. The van der Waals surface area contributed by atoms with Crippen LogP contribution in [-0.2, 0) is 16.0 Å². The molecule has 2 aliphatic rings. The largest absolute Gasteiger partial charge is 0.492 e. The molecule has 2 heterocycles. The Morgan fingerprint density at radius 3 is 2.76 bits per heavy atom. The summed E-state index contributed by atoms with van der Waals surface area (Å²) in [5.41, 5.74) is 3.07. The Morgan fingerprint density at radius 1 is 1.14 bits per heavy atom. The van der Waals surface area contributed by atoms with Crippen molar-refractivity contribution in [2.75, 3.05) is 13.7 Å². The van der Waals surface area contributed by atoms with E-state index in [1.807, 2.05) is 36.4 Å². The molecule has 0 bridgehead atoms. The first-order valence-electron chi connectivity index (χ1n) is 11.9. The lowest BCUT2D eigenvalue weighted by molar-refractivity contribution is -0.141. The molecule has 1 aromatic heterocycles. The number of ether oxygens (including phenoxy) is 4. The van der Waals surface area contributed by atoms with Crippen LogP contribution in [0.25, 0.3) is 11.4 Å². The van der Waals surface area contributed by atoms with E-state index in [0.29, 0.717) is 53.8 Å². The average molecular weight is 503 g/mol. The number of hydrogen-bond acceptors (Lipinski definition) is 8. The fraction of sp³-hybridized carbons (Fsp3) is 0.259. The molecule has 0 radical (unpaired) electrons. The Hall–Kier alpha value is -4.47. The molecule has 1 aliphatic heterocycles. The van der Waals surface area contributed by atoms with E-state index in [1.165, 1.54) is 13.2 Å². The summed E-state index contributed by atoms with van der Waals surface area (Å²) in [6, 6.07) is 15.9. The number of H-pyrrole nitrogens is 1. The van der Waals surface area contributed by atoms with Gasteiger partial charge in [0.05, 0.1) is 20.1 Å². The minimum Gasteiger partial charge on any atom is -0.492 e. The molecule has 0 amide bonds. The lowest BCUT2D eigenvalue weighted by Crippen LogP contribution is -2.09. The predicted molar refractivity (Wildman–Crippen MR) is 129 cm³/mol. The van der Waals surface area contributed by atoms with Crippen molar-refractivity contribution in [2.45, 2.75) is 31.3 Å². The fourth-order valence-corrected chi connectivity index (χ4v) is 4.89. The number of benzene rings is 3. The van der Waals surface area contributed by atoms with Crippen LogP contribution in [0.1, 0.15) is 41.6 Å². The smallest absolute Gasteiger partial charge is 0.306 e. The number of fused-ring (bicyclic) bond motifs is 2. The molecule has 37 heavy (non-hydrogen) atoms. The van der Waals surface area contributed by atoms with Crippen LogP contribution in [0.3, 0.4) is 0 Å². The zero-order valence-corrected chi connectivity index (χ0v) is 19.9. The molecule has 2 atom stereocenters. The van der Waals surface area contributed by atoms with E-state index >= 15 is 0 Å². The standard InChI is InChI=1S/C27H23FN4O5/c1-34-25(33)12-16-14-35-24-13-18(6-7-19(16)24)37-23-10-8-20-22(11-9-21(28)26(20)23)36-17-4-2-15(3-5-17)27-29-31-32-30-27/h2-7,9,11,13,16,23H,8,10,12,14H2,1H3,(H,29,30,31,32)/t16?,23-/m1/s1. The molecule has 0 saturated carbocycles. The molecule has 0 spiro atoms. The Bertz CT molecular complexity index is 1440. The van der Waals surface area contributed by atoms with Crippen molar-refractivity contribution in [3.63, 3.8) is 0 Å². The molecule has 10 heteroatoms. The van der Waals surface area contributed by atoms with Crippen molar-refractivity contribution in [3.8, 4) is 34.4 Å². The van der Waals surface area contributed by atoms with Crippen LogP contribution in [0.5, 0.6) is 23.0 Å². The minimum atomic E-state index is -0.454. The van der Waals surface area contributed by atoms with Crippen molar-refractivity contribution in [3.05, 3.63) is 77.1 Å². The highest BCUT2D eigenvalue weighted by atomic mass is 19.1. The van der Waals surface area contributed by atoms with Gasteiger partial charge in [-0.2, -0.15) is 0 Å². The second-order valence-corrected chi connectivity index (χ2v) is 8.95. The van der Waals surface area contributed by atoms with Gasteiger partial charge in [0.2, 0.25) is 0 Å². The topological polar surface area (TPSA) is 108 Å². The molecule has 188 valence electrons. The van der Waals surface area contributed by atoms with Gasteiger partial charge in [0.1, 0.15) is 34.9 Å². The zero-order chi connectivity index (χ0) is 25.4. The number of halogens is 1. The Labute approximate surface area is 211 Å². The maximum Gasteiger partial charge on any atom is 0.306 e. The van der Waals surface area contributed by atoms with Gasteiger partial charge in [0.25, 0.3) is 0 Å². The van der Waals surface area contributed by atoms with Gasteiger partial charge in [0.15, 0.2) is 5.82 Å². The molecule has 1 unspecified atom stereocenters. The Kier molecular flexibility index (Phi) is 5.91. The zero-order valence-electron chi connectivity index (χ0n) is 19.9. The first kappa shape index (κ1) is 23.0. The Morgan fingerprint density at radius 2 is 1.97 bits per heavy atom. The first-order chi connectivity index (χ1) is 18.1. The summed E-state index contributed by atoms with van der Waals surface area (Å²) in [4.78, 5) is 11.7. The number of aromatic amines is 1. The van der Waals surface area contributed by atoms with E-state index in [1.54, 1.807) is 12.1 Å². The molecule has 4 aromatic rings. The fourth-order valence-electron chi connectivity index (χ4n) is 4.89. The molecular weight excluding hydrogens is 479 g/mol. The molecule has 9 nitrogen and oxygen atoms in total. The summed E-state index contributed by atoms with van der Waals surface area (Å²) in [6.07, 6.45) is 1.04. The van der Waals surface area contributed by atoms with Gasteiger partial charge in [-0.15, -0.1) is 5.10 Å². The third-order valence-corrected chi connectivity index (χ3v) is 6.72. The van der Waals surface area contributed by atoms with Gasteiger partial charge in [-0.3, -0.25) is 4.79 Å². The molecular formula is C27H23FN4O5. The number of hydrogen-bond donors (Lipinski definition) is 1. The van der Waals surface area contributed by atoms with Gasteiger partial charge in [-0.1, -0.05) is 6.07 Å². The maximum absolute atomic E-state index is 15.0. The number of carbonyl (C=O) groups is 1. The number of esters is 1. The molecule has 1 aliphatic carbocycles. The first-order valence-corrected chi connectivity index (χ1v) is 11.9. The number of aromatic nitrogens is 4. The number of carbonyl (C=O) groups excluding carboxylic acids is 1. The van der Waals surface area contributed by atoms with Gasteiger partial charge in [0, 0.05) is 34.2 Å². The molecule has 3 aromatic carbocycles. The molecule has 1 N–H and O–H groups in total. The maximum atomic E-state index is 15.0. The average Bonchev–Trinajstić information content (AvgIpc) is 3.67. The molecule has 0 fully saturated rings. The quantitative estimate of drug-likeness (QED) is 0.356. The lowest BCUT2D eigenvalue weighted by atomic mass is 9.98. The third-order valence-electron chi connectivity index (χ3n) is 6.72. The van der Waals surface area contributed by atoms with Gasteiger partial charge < -0.3 is 18.9 Å². The van der Waals surface area contributed by atoms with Crippen molar-refractivity contribution < 1.29 is 28.1 Å². The normalized spacial score (nSPS) is 17.6. The monoisotopic (exact) mass is 502 g/mol. The van der Waals surface area contributed by atoms with Crippen LogP contribution >= 0.6 is 0 Å². The van der Waals surface area contributed by atoms with Crippen molar-refractivity contribution in [1.29, 1.82) is 0 Å². The summed E-state index contributed by atoms with van der Waals surface area (Å²) >= 11 is 0. The van der Waals surface area contributed by atoms with Crippen molar-refractivity contribution in [1.82, 2.24) is 20.6 Å². The van der Waals surface area contributed by atoms with Crippen LogP contribution < -0.4 is 14.2 Å². The molecule has 0 saturated heterocycles. The second kappa shape index (κ2) is 9.53. The van der Waals surface area contributed by atoms with Crippen LogP contribution in [0.15, 0.2) is 54.6 Å². The summed E-state index contributed by atoms with van der Waals surface area (Å²) in [5, 5.41) is 13.8. The van der Waals surface area contributed by atoms with E-state index in [4.69, 9.17) is 18.9 Å². The minimum absolute atomic E-state index is 0.0534. The van der Waals surface area contributed by atoms with Crippen LogP contribution in [-0.4, -0.2) is 40.3 Å². The van der Waals surface area contributed by atoms with Crippen LogP contribution in [0, 0.1) is 5.82 Å². The van der Waals surface area contributed by atoms with Crippen molar-refractivity contribution in [2.24, 2.45) is 0 Å². The van der Waals surface area contributed by atoms with E-state index in [-0.39, 0.29) is 24.1 Å². The summed E-state index contributed by atoms with van der Waals surface area (Å²) in [6.45, 7) is 0.408. The van der Waals surface area contributed by atoms with Crippen molar-refractivity contribution >= 4 is 5.97 Å². The SMILES string of the molecule is COC(=O)CC1COc2cc(O[C@@H]3CCc4c(Oc5ccc(-c6nnn[nH]6)cc5)ccc(F)c43)ccc21. The number of methoxy groups -OCH3 is 1. The summed E-state index contributed by atoms with van der Waals surface area (Å²) < 4.78 is 37.9. The van der Waals surface area contributed by atoms with E-state index in [0.717, 1.165) is 16.7 Å². The van der Waals surface area contributed by atoms with Crippen LogP contribution in [0.4, 0.5) is 4.39 Å². The van der Waals surface area contributed by atoms with Gasteiger partial charge in [-0.05, 0) is 65.7 Å². The number of nitrogens with one attached hydrogen (secondary N) is 1. The van der Waals surface area contributed by atoms with E-state index in [9.17, 15) is 9.18 Å². The second-order valence-electron chi connectivity index (χ2n) is 8.95. The predicted octanol–water partition coefficient (Wildman–Crippen LogP) is 4.90. The summed E-state index contributed by atoms with van der Waals surface area (Å²) in [5.74, 6) is 2.37. The van der Waals surface area contributed by atoms with Gasteiger partial charge >= 0.3 is 5.97 Å². The number of tetrazole rings is 1. The highest BCUT2D eigenvalue weighted by molar-refractivity contribution is 5.71. The molecule has 6 rings (SSSR count). The Balaban J connectivity index is 1.19. The highest BCUT2D eigenvalue weighted by Crippen LogP contribution is 2.44. The highest BCUT2D eigenvalue weighted by Gasteiger charge is 2.32. The van der Waals surface area contributed by atoms with E-state index in [2.05, 4.69) is 20.6 Å². The third kappa shape index (κ3) is 4.46. The van der Waals surface area contributed by atoms with Gasteiger partial charge in [-0.25, -0.2) is 9.49 Å². The number of nitrogens with zero attached hydrogens (tertiary/aromatic N) is 3. The number of rotatable bonds is 7. The van der Waals surface area contributed by atoms with Crippen LogP contribution in [0.2, 0.25) is 0 Å². The lowest BCUT2D eigenvalue weighted by Gasteiger charge is -2.17. The van der Waals surface area contributed by atoms with E-state index < -0.39 is 6.10 Å².